The van der Waals surface area contributed by atoms with Crippen molar-refractivity contribution in [2.45, 2.75) is 26.2 Å². The summed E-state index contributed by atoms with van der Waals surface area (Å²) in [6.45, 7) is 6.34. The number of anilines is 2. The lowest BCUT2D eigenvalue weighted by Crippen LogP contribution is -2.41. The number of nitrogens with zero attached hydrogens (tertiary/aromatic N) is 2. The van der Waals surface area contributed by atoms with Crippen LogP contribution < -0.4 is 16.0 Å². The van der Waals surface area contributed by atoms with E-state index < -0.39 is 0 Å². The average molecular weight is 444 g/mol. The zero-order chi connectivity index (χ0) is 21.6. The third-order valence-corrected chi connectivity index (χ3v) is 6.29. The van der Waals surface area contributed by atoms with Crippen molar-refractivity contribution in [3.63, 3.8) is 0 Å². The molecule has 31 heavy (non-hydrogen) atoms. The Labute approximate surface area is 188 Å². The Kier molecular flexibility index (Phi) is 7.37. The van der Waals surface area contributed by atoms with E-state index in [1.54, 1.807) is 12.3 Å². The number of amides is 1. The van der Waals surface area contributed by atoms with Gasteiger partial charge in [-0.15, -0.1) is 0 Å². The molecule has 166 valence electrons. The molecule has 2 aliphatic rings. The number of pyridine rings is 2. The third kappa shape index (κ3) is 5.93. The van der Waals surface area contributed by atoms with Gasteiger partial charge in [-0.1, -0.05) is 24.6 Å². The fourth-order valence-electron chi connectivity index (χ4n) is 4.17. The first-order valence-corrected chi connectivity index (χ1v) is 11.4. The van der Waals surface area contributed by atoms with Gasteiger partial charge in [0.2, 0.25) is 5.91 Å². The van der Waals surface area contributed by atoms with Gasteiger partial charge in [-0.3, -0.25) is 4.79 Å². The molecule has 3 N–H and O–H groups in total. The molecule has 7 nitrogen and oxygen atoms in total. The first-order chi connectivity index (χ1) is 15.1. The molecule has 2 aliphatic heterocycles. The summed E-state index contributed by atoms with van der Waals surface area (Å²) in [4.78, 5) is 21.7. The monoisotopic (exact) mass is 443 g/mol. The van der Waals surface area contributed by atoms with E-state index >= 15 is 0 Å². The van der Waals surface area contributed by atoms with Crippen LogP contribution in [-0.4, -0.2) is 48.7 Å². The number of carbonyl (C=O) groups excluding carboxylic acids is 1. The predicted octanol–water partition coefficient (Wildman–Crippen LogP) is 3.82. The van der Waals surface area contributed by atoms with E-state index in [1.807, 2.05) is 18.2 Å². The molecule has 8 heteroatoms. The smallest absolute Gasteiger partial charge is 0.229 e. The lowest BCUT2D eigenvalue weighted by atomic mass is 9.91. The fraction of sp³-hybridized carbons (Fsp3) is 0.522. The van der Waals surface area contributed by atoms with E-state index in [-0.39, 0.29) is 11.8 Å². The molecular formula is C23H30ClN5O2. The molecule has 2 aromatic heterocycles. The minimum atomic E-state index is -0.0551. The van der Waals surface area contributed by atoms with Crippen LogP contribution in [0.5, 0.6) is 0 Å². The Hall–Kier alpha value is -2.22. The number of carbonyl (C=O) groups is 1. The summed E-state index contributed by atoms with van der Waals surface area (Å²) in [6.07, 6.45) is 4.59. The minimum absolute atomic E-state index is 0.0142. The minimum Gasteiger partial charge on any atom is -0.381 e. The van der Waals surface area contributed by atoms with Crippen molar-refractivity contribution in [3.8, 4) is 11.3 Å². The van der Waals surface area contributed by atoms with Gasteiger partial charge in [0.25, 0.3) is 0 Å². The number of ether oxygens (including phenoxy) is 1. The molecule has 1 amide bonds. The number of rotatable bonds is 6. The lowest BCUT2D eigenvalue weighted by Gasteiger charge is -2.26. The quantitative estimate of drug-likeness (QED) is 0.629. The van der Waals surface area contributed by atoms with E-state index in [0.717, 1.165) is 62.6 Å². The summed E-state index contributed by atoms with van der Waals surface area (Å²) in [5.74, 6) is 2.32. The molecule has 0 aromatic carbocycles. The van der Waals surface area contributed by atoms with Gasteiger partial charge in [-0.05, 0) is 55.8 Å². The molecule has 0 radical (unpaired) electrons. The highest BCUT2D eigenvalue weighted by molar-refractivity contribution is 6.33. The molecule has 2 saturated heterocycles. The van der Waals surface area contributed by atoms with Gasteiger partial charge in [0.1, 0.15) is 11.6 Å². The van der Waals surface area contributed by atoms with Crippen molar-refractivity contribution in [2.75, 3.05) is 43.5 Å². The molecule has 2 atom stereocenters. The first-order valence-electron chi connectivity index (χ1n) is 11.0. The van der Waals surface area contributed by atoms with Crippen molar-refractivity contribution in [1.29, 1.82) is 0 Å². The van der Waals surface area contributed by atoms with Crippen molar-refractivity contribution in [3.05, 3.63) is 35.5 Å². The molecule has 0 aliphatic carbocycles. The summed E-state index contributed by atoms with van der Waals surface area (Å²) >= 11 is 6.43. The highest BCUT2D eigenvalue weighted by Gasteiger charge is 2.25. The van der Waals surface area contributed by atoms with Crippen molar-refractivity contribution < 1.29 is 9.53 Å². The van der Waals surface area contributed by atoms with E-state index in [9.17, 15) is 4.79 Å². The number of piperidine rings is 1. The largest absolute Gasteiger partial charge is 0.381 e. The molecule has 0 spiro atoms. The Morgan fingerprint density at radius 1 is 1.26 bits per heavy atom. The molecule has 0 unspecified atom stereocenters. The Morgan fingerprint density at radius 3 is 2.90 bits per heavy atom. The van der Waals surface area contributed by atoms with Crippen LogP contribution in [0.1, 0.15) is 26.2 Å². The SMILES string of the molecule is C[C@H]1CNC[C@@H](C(=O)Nc2cc(-c3cccc(NCC4CCOCC4)n3)c(Cl)cn2)C1. The predicted molar refractivity (Wildman–Crippen MR) is 123 cm³/mol. The van der Waals surface area contributed by atoms with Crippen LogP contribution in [0.2, 0.25) is 5.02 Å². The maximum atomic E-state index is 12.7. The van der Waals surface area contributed by atoms with E-state index in [0.29, 0.717) is 29.2 Å². The van der Waals surface area contributed by atoms with Crippen LogP contribution in [0.4, 0.5) is 11.6 Å². The van der Waals surface area contributed by atoms with E-state index in [1.165, 1.54) is 0 Å². The zero-order valence-corrected chi connectivity index (χ0v) is 18.6. The summed E-state index contributed by atoms with van der Waals surface area (Å²) in [5, 5.41) is 10.2. The molecule has 2 fully saturated rings. The molecule has 0 bridgehead atoms. The van der Waals surface area contributed by atoms with Gasteiger partial charge in [0, 0.05) is 38.1 Å². The topological polar surface area (TPSA) is 88.2 Å². The molecule has 0 saturated carbocycles. The van der Waals surface area contributed by atoms with Gasteiger partial charge in [-0.2, -0.15) is 0 Å². The molecular weight excluding hydrogens is 414 g/mol. The summed E-state index contributed by atoms with van der Waals surface area (Å²) in [7, 11) is 0. The van der Waals surface area contributed by atoms with E-state index in [2.05, 4.69) is 27.9 Å². The third-order valence-electron chi connectivity index (χ3n) is 5.99. The van der Waals surface area contributed by atoms with Crippen LogP contribution >= 0.6 is 11.6 Å². The van der Waals surface area contributed by atoms with Crippen LogP contribution in [0.25, 0.3) is 11.3 Å². The Bertz CT molecular complexity index is 903. The second-order valence-corrected chi connectivity index (χ2v) is 8.99. The zero-order valence-electron chi connectivity index (χ0n) is 17.9. The van der Waals surface area contributed by atoms with Crippen molar-refractivity contribution in [1.82, 2.24) is 15.3 Å². The van der Waals surface area contributed by atoms with Crippen LogP contribution in [0.15, 0.2) is 30.5 Å². The van der Waals surface area contributed by atoms with Gasteiger partial charge >= 0.3 is 0 Å². The van der Waals surface area contributed by atoms with Crippen LogP contribution in [0.3, 0.4) is 0 Å². The maximum Gasteiger partial charge on any atom is 0.229 e. The molecule has 4 rings (SSSR count). The van der Waals surface area contributed by atoms with Gasteiger partial charge in [0.15, 0.2) is 0 Å². The van der Waals surface area contributed by atoms with Crippen LogP contribution in [0, 0.1) is 17.8 Å². The van der Waals surface area contributed by atoms with Crippen molar-refractivity contribution in [2.24, 2.45) is 17.8 Å². The lowest BCUT2D eigenvalue weighted by molar-refractivity contribution is -0.120. The number of hydrogen-bond acceptors (Lipinski definition) is 6. The highest BCUT2D eigenvalue weighted by Crippen LogP contribution is 2.29. The molecule has 4 heterocycles. The standard InChI is InChI=1S/C23H30ClN5O2/c1-15-9-17(13-25-11-15)23(30)29-22-10-18(19(24)14-27-22)20-3-2-4-21(28-20)26-12-16-5-7-31-8-6-16/h2-4,10,14-17,25H,5-9,11-13H2,1H3,(H,26,28)(H,27,29,30)/t15-,17+/m1/s1. The first kappa shape index (κ1) is 22.0. The Balaban J connectivity index is 1.44. The van der Waals surface area contributed by atoms with Gasteiger partial charge in [0.05, 0.1) is 16.6 Å². The van der Waals surface area contributed by atoms with Crippen LogP contribution in [-0.2, 0) is 9.53 Å². The van der Waals surface area contributed by atoms with Gasteiger partial charge < -0.3 is 20.7 Å². The summed E-state index contributed by atoms with van der Waals surface area (Å²) < 4.78 is 5.43. The normalized spacial score (nSPS) is 22.1. The highest BCUT2D eigenvalue weighted by atomic mass is 35.5. The number of halogens is 1. The fourth-order valence-corrected chi connectivity index (χ4v) is 4.37. The Morgan fingerprint density at radius 2 is 2.10 bits per heavy atom. The average Bonchev–Trinajstić information content (AvgIpc) is 2.80. The van der Waals surface area contributed by atoms with Crippen molar-refractivity contribution >= 4 is 29.1 Å². The maximum absolute atomic E-state index is 12.7. The second-order valence-electron chi connectivity index (χ2n) is 8.58. The molecule has 2 aromatic rings. The summed E-state index contributed by atoms with van der Waals surface area (Å²) in [5.41, 5.74) is 1.49. The number of aromatic nitrogens is 2. The van der Waals surface area contributed by atoms with E-state index in [4.69, 9.17) is 21.3 Å². The summed E-state index contributed by atoms with van der Waals surface area (Å²) in [6, 6.07) is 7.63. The second kappa shape index (κ2) is 10.4. The number of hydrogen-bond donors (Lipinski definition) is 3. The van der Waals surface area contributed by atoms with Gasteiger partial charge in [-0.25, -0.2) is 9.97 Å². The number of nitrogens with one attached hydrogen (secondary N) is 3.